The first-order chi connectivity index (χ1) is 11.6. The maximum atomic E-state index is 12.5. The molecule has 24 heavy (non-hydrogen) atoms. The summed E-state index contributed by atoms with van der Waals surface area (Å²) in [4.78, 5) is 24.1. The molecule has 2 unspecified atom stereocenters. The van der Waals surface area contributed by atoms with E-state index < -0.39 is 0 Å². The molecule has 1 aliphatic heterocycles. The van der Waals surface area contributed by atoms with E-state index in [0.29, 0.717) is 18.3 Å². The molecule has 0 spiro atoms. The quantitative estimate of drug-likeness (QED) is 0.753. The Morgan fingerprint density at radius 3 is 2.50 bits per heavy atom. The molecule has 1 aliphatic rings. The summed E-state index contributed by atoms with van der Waals surface area (Å²) >= 11 is 0. The second-order valence-corrected chi connectivity index (χ2v) is 6.58. The van der Waals surface area contributed by atoms with Crippen LogP contribution in [0.3, 0.4) is 0 Å². The summed E-state index contributed by atoms with van der Waals surface area (Å²) in [5.74, 6) is 0.615. The number of hydrogen-bond donors (Lipinski definition) is 2. The lowest BCUT2D eigenvalue weighted by atomic mass is 9.84. The van der Waals surface area contributed by atoms with Crippen LogP contribution >= 0.6 is 0 Å². The normalized spacial score (nSPS) is 17.8. The molecule has 1 fully saturated rings. The van der Waals surface area contributed by atoms with Gasteiger partial charge in [-0.15, -0.1) is 0 Å². The molecule has 2 rings (SSSR count). The van der Waals surface area contributed by atoms with E-state index in [1.165, 1.54) is 7.11 Å². The van der Waals surface area contributed by atoms with E-state index >= 15 is 0 Å². The van der Waals surface area contributed by atoms with Crippen LogP contribution in [0.5, 0.6) is 0 Å². The number of rotatable bonds is 7. The van der Waals surface area contributed by atoms with E-state index in [9.17, 15) is 9.59 Å². The molecule has 1 saturated heterocycles. The van der Waals surface area contributed by atoms with E-state index in [2.05, 4.69) is 17.6 Å². The van der Waals surface area contributed by atoms with Crippen molar-refractivity contribution in [3.8, 4) is 0 Å². The lowest BCUT2D eigenvalue weighted by molar-refractivity contribution is -0.141. The van der Waals surface area contributed by atoms with Gasteiger partial charge in [-0.25, -0.2) is 0 Å². The fourth-order valence-corrected chi connectivity index (χ4v) is 3.31. The van der Waals surface area contributed by atoms with E-state index in [1.54, 1.807) is 0 Å². The van der Waals surface area contributed by atoms with Crippen molar-refractivity contribution >= 4 is 11.9 Å². The lowest BCUT2D eigenvalue weighted by Crippen LogP contribution is -2.35. The Kier molecular flexibility index (Phi) is 7.25. The van der Waals surface area contributed by atoms with Gasteiger partial charge in [-0.05, 0) is 43.3 Å². The molecule has 0 aromatic heterocycles. The third-order valence-electron chi connectivity index (χ3n) is 4.83. The predicted molar refractivity (Wildman–Crippen MR) is 93.3 cm³/mol. The molecule has 0 bridgehead atoms. The maximum Gasteiger partial charge on any atom is 0.307 e. The molecule has 1 heterocycles. The predicted octanol–water partition coefficient (Wildman–Crippen LogP) is 2.43. The molecule has 132 valence electrons. The van der Waals surface area contributed by atoms with Crippen LogP contribution in [0.4, 0.5) is 0 Å². The molecule has 1 aromatic carbocycles. The van der Waals surface area contributed by atoms with Crippen molar-refractivity contribution in [1.82, 2.24) is 10.6 Å². The first-order valence-electron chi connectivity index (χ1n) is 8.72. The van der Waals surface area contributed by atoms with Crippen LogP contribution in [-0.2, 0) is 14.3 Å². The zero-order valence-corrected chi connectivity index (χ0v) is 14.6. The van der Waals surface area contributed by atoms with Crippen molar-refractivity contribution < 1.29 is 14.3 Å². The highest BCUT2D eigenvalue weighted by molar-refractivity contribution is 5.78. The number of ether oxygens (including phenoxy) is 1. The number of hydrogen-bond acceptors (Lipinski definition) is 4. The largest absolute Gasteiger partial charge is 0.469 e. The number of benzene rings is 1. The van der Waals surface area contributed by atoms with Crippen molar-refractivity contribution in [1.29, 1.82) is 0 Å². The first kappa shape index (κ1) is 18.5. The SMILES string of the molecule is COC(=O)CC(NC(=O)CC(C)C1CCNCC1)c1ccccc1. The fraction of sp³-hybridized carbons (Fsp3) is 0.579. The van der Waals surface area contributed by atoms with Gasteiger partial charge < -0.3 is 15.4 Å². The van der Waals surface area contributed by atoms with Gasteiger partial charge in [-0.3, -0.25) is 9.59 Å². The van der Waals surface area contributed by atoms with E-state index in [0.717, 1.165) is 31.5 Å². The Morgan fingerprint density at radius 2 is 1.88 bits per heavy atom. The van der Waals surface area contributed by atoms with E-state index in [-0.39, 0.29) is 24.3 Å². The van der Waals surface area contributed by atoms with E-state index in [1.807, 2.05) is 30.3 Å². The van der Waals surface area contributed by atoms with Gasteiger partial charge in [0.2, 0.25) is 5.91 Å². The van der Waals surface area contributed by atoms with Gasteiger partial charge in [-0.2, -0.15) is 0 Å². The van der Waals surface area contributed by atoms with Crippen LogP contribution in [0, 0.1) is 11.8 Å². The summed E-state index contributed by atoms with van der Waals surface area (Å²) in [5.41, 5.74) is 0.922. The number of amides is 1. The Balaban J connectivity index is 1.94. The molecule has 2 atom stereocenters. The average molecular weight is 332 g/mol. The van der Waals surface area contributed by atoms with Crippen molar-refractivity contribution in [2.45, 2.75) is 38.6 Å². The lowest BCUT2D eigenvalue weighted by Gasteiger charge is -2.28. The minimum absolute atomic E-state index is 0.00112. The third kappa shape index (κ3) is 5.64. The third-order valence-corrected chi connectivity index (χ3v) is 4.83. The number of carbonyl (C=O) groups excluding carboxylic acids is 2. The van der Waals surface area contributed by atoms with Gasteiger partial charge in [0.05, 0.1) is 19.6 Å². The zero-order chi connectivity index (χ0) is 17.4. The standard InChI is InChI=1S/C19H28N2O3/c1-14(15-8-10-20-11-9-15)12-18(22)21-17(13-19(23)24-2)16-6-4-3-5-7-16/h3-7,14-15,17,20H,8-13H2,1-2H3,(H,21,22). The summed E-state index contributed by atoms with van der Waals surface area (Å²) in [7, 11) is 1.37. The van der Waals surface area contributed by atoms with Gasteiger partial charge >= 0.3 is 5.97 Å². The summed E-state index contributed by atoms with van der Waals surface area (Å²) < 4.78 is 4.76. The smallest absolute Gasteiger partial charge is 0.307 e. The van der Waals surface area contributed by atoms with Crippen molar-refractivity contribution in [3.63, 3.8) is 0 Å². The number of methoxy groups -OCH3 is 1. The first-order valence-corrected chi connectivity index (χ1v) is 8.72. The van der Waals surface area contributed by atoms with E-state index in [4.69, 9.17) is 4.74 Å². The summed E-state index contributed by atoms with van der Waals surface area (Å²) in [6.07, 6.45) is 2.89. The number of nitrogens with one attached hydrogen (secondary N) is 2. The van der Waals surface area contributed by atoms with Crippen molar-refractivity contribution in [2.24, 2.45) is 11.8 Å². The zero-order valence-electron chi connectivity index (χ0n) is 14.6. The van der Waals surface area contributed by atoms with Crippen LogP contribution in [0.25, 0.3) is 0 Å². The number of carbonyl (C=O) groups is 2. The highest BCUT2D eigenvalue weighted by Gasteiger charge is 2.24. The monoisotopic (exact) mass is 332 g/mol. The average Bonchev–Trinajstić information content (AvgIpc) is 2.62. The fourth-order valence-electron chi connectivity index (χ4n) is 3.31. The van der Waals surface area contributed by atoms with Crippen molar-refractivity contribution in [2.75, 3.05) is 20.2 Å². The Bertz CT molecular complexity index is 527. The molecule has 0 aliphatic carbocycles. The summed E-state index contributed by atoms with van der Waals surface area (Å²) in [6.45, 7) is 4.21. The molecule has 5 heteroatoms. The maximum absolute atomic E-state index is 12.5. The van der Waals surface area contributed by atoms with Crippen LogP contribution in [0.2, 0.25) is 0 Å². The van der Waals surface area contributed by atoms with Crippen LogP contribution in [-0.4, -0.2) is 32.1 Å². The Hall–Kier alpha value is -1.88. The Morgan fingerprint density at radius 1 is 1.21 bits per heavy atom. The van der Waals surface area contributed by atoms with Gasteiger partial charge in [0.15, 0.2) is 0 Å². The van der Waals surface area contributed by atoms with Crippen molar-refractivity contribution in [3.05, 3.63) is 35.9 Å². The van der Waals surface area contributed by atoms with Crippen LogP contribution < -0.4 is 10.6 Å². The van der Waals surface area contributed by atoms with Gasteiger partial charge in [0.1, 0.15) is 0 Å². The number of esters is 1. The topological polar surface area (TPSA) is 67.4 Å². The summed E-state index contributed by atoms with van der Waals surface area (Å²) in [5, 5.41) is 6.37. The minimum atomic E-state index is -0.341. The van der Waals surface area contributed by atoms with Gasteiger partial charge in [0, 0.05) is 6.42 Å². The molecule has 0 radical (unpaired) electrons. The molecule has 1 aromatic rings. The minimum Gasteiger partial charge on any atom is -0.469 e. The van der Waals surface area contributed by atoms with Crippen LogP contribution in [0.1, 0.15) is 44.2 Å². The molecule has 0 saturated carbocycles. The molecular formula is C19H28N2O3. The van der Waals surface area contributed by atoms with Crippen LogP contribution in [0.15, 0.2) is 30.3 Å². The second-order valence-electron chi connectivity index (χ2n) is 6.58. The van der Waals surface area contributed by atoms with Gasteiger partial charge in [0.25, 0.3) is 0 Å². The summed E-state index contributed by atoms with van der Waals surface area (Å²) in [6, 6.07) is 9.23. The molecule has 1 amide bonds. The van der Waals surface area contributed by atoms with Gasteiger partial charge in [-0.1, -0.05) is 37.3 Å². The number of piperidine rings is 1. The highest BCUT2D eigenvalue weighted by Crippen LogP contribution is 2.25. The molecule has 5 nitrogen and oxygen atoms in total. The highest BCUT2D eigenvalue weighted by atomic mass is 16.5. The molecule has 2 N–H and O–H groups in total. The Labute approximate surface area is 144 Å². The second kappa shape index (κ2) is 9.42. The molecular weight excluding hydrogens is 304 g/mol.